The van der Waals surface area contributed by atoms with E-state index < -0.39 is 0 Å². The lowest BCUT2D eigenvalue weighted by atomic mass is 10.1. The van der Waals surface area contributed by atoms with Crippen molar-refractivity contribution in [3.05, 3.63) is 33.1 Å². The Morgan fingerprint density at radius 2 is 2.25 bits per heavy atom. The second kappa shape index (κ2) is 4.55. The summed E-state index contributed by atoms with van der Waals surface area (Å²) in [6, 6.07) is 3.75. The molecule has 0 bridgehead atoms. The van der Waals surface area contributed by atoms with E-state index in [0.717, 1.165) is 15.4 Å². The molecule has 0 aliphatic heterocycles. The molecular weight excluding hydrogens is 288 g/mol. The average Bonchev–Trinajstić information content (AvgIpc) is 2.61. The zero-order valence-electron chi connectivity index (χ0n) is 9.04. The molecule has 1 heterocycles. The van der Waals surface area contributed by atoms with E-state index in [0.29, 0.717) is 12.2 Å². The SMILES string of the molecule is CCOC(=O)c1cc(C)c2scc(Br)c2c1. The van der Waals surface area contributed by atoms with Gasteiger partial charge < -0.3 is 4.74 Å². The fraction of sp³-hybridized carbons (Fsp3) is 0.250. The minimum absolute atomic E-state index is 0.259. The molecule has 0 aliphatic rings. The fourth-order valence-electron chi connectivity index (χ4n) is 1.61. The molecule has 0 amide bonds. The second-order valence-corrected chi connectivity index (χ2v) is 5.21. The van der Waals surface area contributed by atoms with Crippen molar-refractivity contribution < 1.29 is 9.53 Å². The maximum absolute atomic E-state index is 11.6. The Morgan fingerprint density at radius 1 is 1.50 bits per heavy atom. The van der Waals surface area contributed by atoms with Crippen LogP contribution in [0.3, 0.4) is 0 Å². The summed E-state index contributed by atoms with van der Waals surface area (Å²) < 4.78 is 7.24. The van der Waals surface area contributed by atoms with E-state index in [1.807, 2.05) is 31.4 Å². The number of hydrogen-bond donors (Lipinski definition) is 0. The van der Waals surface area contributed by atoms with E-state index in [1.54, 1.807) is 11.3 Å². The number of esters is 1. The van der Waals surface area contributed by atoms with Gasteiger partial charge in [0.2, 0.25) is 0 Å². The highest BCUT2D eigenvalue weighted by Gasteiger charge is 2.11. The topological polar surface area (TPSA) is 26.3 Å². The molecule has 0 fully saturated rings. The Morgan fingerprint density at radius 3 is 2.94 bits per heavy atom. The van der Waals surface area contributed by atoms with Gasteiger partial charge in [0.15, 0.2) is 0 Å². The Balaban J connectivity index is 2.56. The summed E-state index contributed by atoms with van der Waals surface area (Å²) in [6.45, 7) is 4.22. The van der Waals surface area contributed by atoms with Crippen molar-refractivity contribution in [1.29, 1.82) is 0 Å². The number of aryl methyl sites for hydroxylation is 1. The highest BCUT2D eigenvalue weighted by Crippen LogP contribution is 2.33. The Hall–Kier alpha value is -0.870. The van der Waals surface area contributed by atoms with Gasteiger partial charge in [-0.1, -0.05) is 0 Å². The van der Waals surface area contributed by atoms with Crippen molar-refractivity contribution in [3.63, 3.8) is 0 Å². The van der Waals surface area contributed by atoms with Crippen LogP contribution in [0.15, 0.2) is 22.0 Å². The van der Waals surface area contributed by atoms with E-state index in [4.69, 9.17) is 4.74 Å². The van der Waals surface area contributed by atoms with Gasteiger partial charge in [-0.25, -0.2) is 4.79 Å². The quantitative estimate of drug-likeness (QED) is 0.779. The normalized spacial score (nSPS) is 10.7. The van der Waals surface area contributed by atoms with Gasteiger partial charge in [0.25, 0.3) is 0 Å². The summed E-state index contributed by atoms with van der Waals surface area (Å²) in [5.41, 5.74) is 1.72. The number of thiophene rings is 1. The minimum atomic E-state index is -0.259. The molecule has 0 saturated heterocycles. The third kappa shape index (κ3) is 1.99. The van der Waals surface area contributed by atoms with E-state index in [2.05, 4.69) is 15.9 Å². The summed E-state index contributed by atoms with van der Waals surface area (Å²) >= 11 is 5.16. The van der Waals surface area contributed by atoms with Crippen molar-refractivity contribution >= 4 is 43.3 Å². The standard InChI is InChI=1S/C12H11BrO2S/c1-3-15-12(14)8-4-7(2)11-9(5-8)10(13)6-16-11/h4-6H,3H2,1-2H3. The molecule has 0 radical (unpaired) electrons. The van der Waals surface area contributed by atoms with Crippen LogP contribution in [0.2, 0.25) is 0 Å². The van der Waals surface area contributed by atoms with Crippen LogP contribution in [-0.2, 0) is 4.74 Å². The van der Waals surface area contributed by atoms with E-state index in [1.165, 1.54) is 4.70 Å². The number of rotatable bonds is 2. The number of halogens is 1. The molecule has 84 valence electrons. The molecular formula is C12H11BrO2S. The second-order valence-electron chi connectivity index (χ2n) is 3.47. The molecule has 4 heteroatoms. The van der Waals surface area contributed by atoms with Crippen LogP contribution < -0.4 is 0 Å². The third-order valence-electron chi connectivity index (χ3n) is 2.32. The summed E-state index contributed by atoms with van der Waals surface area (Å²) in [6.07, 6.45) is 0. The number of fused-ring (bicyclic) bond motifs is 1. The van der Waals surface area contributed by atoms with Gasteiger partial charge in [0.1, 0.15) is 0 Å². The summed E-state index contributed by atoms with van der Waals surface area (Å²) in [5, 5.41) is 3.11. The Bertz CT molecular complexity index is 545. The lowest BCUT2D eigenvalue weighted by Crippen LogP contribution is -2.04. The van der Waals surface area contributed by atoms with Gasteiger partial charge in [0, 0.05) is 19.9 Å². The van der Waals surface area contributed by atoms with Gasteiger partial charge in [0.05, 0.1) is 12.2 Å². The monoisotopic (exact) mass is 298 g/mol. The van der Waals surface area contributed by atoms with Crippen LogP contribution in [0.4, 0.5) is 0 Å². The van der Waals surface area contributed by atoms with Gasteiger partial charge in [-0.05, 0) is 47.5 Å². The maximum atomic E-state index is 11.6. The van der Waals surface area contributed by atoms with Gasteiger partial charge in [-0.2, -0.15) is 0 Å². The number of hydrogen-bond acceptors (Lipinski definition) is 3. The van der Waals surface area contributed by atoms with Crippen molar-refractivity contribution in [2.75, 3.05) is 6.61 Å². The molecule has 0 N–H and O–H groups in total. The lowest BCUT2D eigenvalue weighted by Gasteiger charge is -2.04. The van der Waals surface area contributed by atoms with Crippen molar-refractivity contribution in [3.8, 4) is 0 Å². The predicted octanol–water partition coefficient (Wildman–Crippen LogP) is 4.15. The first-order chi connectivity index (χ1) is 7.63. The van der Waals surface area contributed by atoms with Crippen LogP contribution in [0, 0.1) is 6.92 Å². The van der Waals surface area contributed by atoms with E-state index in [-0.39, 0.29) is 5.97 Å². The van der Waals surface area contributed by atoms with Crippen molar-refractivity contribution in [1.82, 2.24) is 0 Å². The zero-order chi connectivity index (χ0) is 11.7. The summed E-state index contributed by atoms with van der Waals surface area (Å²) in [4.78, 5) is 11.6. The first-order valence-corrected chi connectivity index (χ1v) is 6.65. The minimum Gasteiger partial charge on any atom is -0.462 e. The van der Waals surface area contributed by atoms with Gasteiger partial charge in [-0.15, -0.1) is 11.3 Å². The van der Waals surface area contributed by atoms with Crippen molar-refractivity contribution in [2.45, 2.75) is 13.8 Å². The first-order valence-electron chi connectivity index (χ1n) is 4.98. The largest absolute Gasteiger partial charge is 0.462 e. The van der Waals surface area contributed by atoms with Gasteiger partial charge in [-0.3, -0.25) is 0 Å². The van der Waals surface area contributed by atoms with Crippen LogP contribution in [0.25, 0.3) is 10.1 Å². The number of carbonyl (C=O) groups is 1. The first kappa shape index (κ1) is 11.6. The van der Waals surface area contributed by atoms with E-state index >= 15 is 0 Å². The third-order valence-corrected chi connectivity index (χ3v) is 4.41. The smallest absolute Gasteiger partial charge is 0.338 e. The van der Waals surface area contributed by atoms with Crippen LogP contribution in [0.5, 0.6) is 0 Å². The molecule has 0 aliphatic carbocycles. The Kier molecular flexibility index (Phi) is 3.30. The van der Waals surface area contributed by atoms with Crippen LogP contribution >= 0.6 is 27.3 Å². The highest BCUT2D eigenvalue weighted by atomic mass is 79.9. The van der Waals surface area contributed by atoms with Crippen LogP contribution in [0.1, 0.15) is 22.8 Å². The predicted molar refractivity (Wildman–Crippen MR) is 70.2 cm³/mol. The molecule has 0 spiro atoms. The lowest BCUT2D eigenvalue weighted by molar-refractivity contribution is 0.0526. The summed E-state index contributed by atoms with van der Waals surface area (Å²) in [5.74, 6) is -0.259. The molecule has 1 aromatic heterocycles. The van der Waals surface area contributed by atoms with E-state index in [9.17, 15) is 4.79 Å². The van der Waals surface area contributed by atoms with Crippen molar-refractivity contribution in [2.24, 2.45) is 0 Å². The Labute approximate surface area is 106 Å². The molecule has 1 aromatic carbocycles. The molecule has 16 heavy (non-hydrogen) atoms. The molecule has 0 unspecified atom stereocenters. The fourth-order valence-corrected chi connectivity index (χ4v) is 3.23. The number of ether oxygens (including phenoxy) is 1. The molecule has 0 saturated carbocycles. The zero-order valence-corrected chi connectivity index (χ0v) is 11.4. The molecule has 0 atom stereocenters. The van der Waals surface area contributed by atoms with Gasteiger partial charge >= 0.3 is 5.97 Å². The highest BCUT2D eigenvalue weighted by molar-refractivity contribution is 9.10. The maximum Gasteiger partial charge on any atom is 0.338 e. The number of benzene rings is 1. The average molecular weight is 299 g/mol. The van der Waals surface area contributed by atoms with Crippen LogP contribution in [-0.4, -0.2) is 12.6 Å². The summed E-state index contributed by atoms with van der Waals surface area (Å²) in [7, 11) is 0. The molecule has 2 rings (SSSR count). The molecule has 2 aromatic rings. The number of carbonyl (C=O) groups excluding carboxylic acids is 1. The molecule has 2 nitrogen and oxygen atoms in total.